The molecule has 0 bridgehead atoms. The number of hydrazone groups is 1. The number of amidine groups is 1. The lowest BCUT2D eigenvalue weighted by Crippen LogP contribution is -2.26. The maximum atomic E-state index is 12.0. The van der Waals surface area contributed by atoms with Gasteiger partial charge in [-0.05, 0) is 18.2 Å². The van der Waals surface area contributed by atoms with Crippen molar-refractivity contribution in [3.8, 4) is 0 Å². The van der Waals surface area contributed by atoms with Crippen molar-refractivity contribution < 1.29 is 9.59 Å². The third-order valence-electron chi connectivity index (χ3n) is 2.59. The summed E-state index contributed by atoms with van der Waals surface area (Å²) in [6.45, 7) is 0. The molecule has 0 fully saturated rings. The highest BCUT2D eigenvalue weighted by atomic mass is 16.2. The normalized spacial score (nSPS) is 11.0. The van der Waals surface area contributed by atoms with E-state index in [-0.39, 0.29) is 17.0 Å². The van der Waals surface area contributed by atoms with Crippen LogP contribution in [0, 0.1) is 0 Å². The molecule has 5 N–H and O–H groups in total. The molecule has 2 rings (SSSR count). The van der Waals surface area contributed by atoms with E-state index >= 15 is 0 Å². The molecule has 0 aliphatic carbocycles. The number of carbonyl (C=O) groups is 2. The Morgan fingerprint density at radius 1 is 1.00 bits per heavy atom. The fourth-order valence-electron chi connectivity index (χ4n) is 1.55. The summed E-state index contributed by atoms with van der Waals surface area (Å²) in [7, 11) is 0. The van der Waals surface area contributed by atoms with Crippen molar-refractivity contribution >= 4 is 17.6 Å². The van der Waals surface area contributed by atoms with Gasteiger partial charge >= 0.3 is 0 Å². The van der Waals surface area contributed by atoms with E-state index < -0.39 is 11.8 Å². The van der Waals surface area contributed by atoms with Gasteiger partial charge in [0.05, 0.1) is 11.1 Å². The van der Waals surface area contributed by atoms with Crippen molar-refractivity contribution in [1.29, 1.82) is 0 Å². The molecule has 2 heterocycles. The van der Waals surface area contributed by atoms with Crippen molar-refractivity contribution in [2.75, 3.05) is 0 Å². The largest absolute Gasteiger partial charge is 0.382 e. The van der Waals surface area contributed by atoms with Gasteiger partial charge in [-0.25, -0.2) is 5.43 Å². The lowest BCUT2D eigenvalue weighted by Gasteiger charge is -2.05. The molecule has 0 radical (unpaired) electrons. The summed E-state index contributed by atoms with van der Waals surface area (Å²) in [4.78, 5) is 30.8. The van der Waals surface area contributed by atoms with Gasteiger partial charge in [0.1, 0.15) is 0 Å². The molecule has 2 aromatic rings. The van der Waals surface area contributed by atoms with Crippen LogP contribution in [0.1, 0.15) is 26.3 Å². The highest BCUT2D eigenvalue weighted by Gasteiger charge is 2.14. The highest BCUT2D eigenvalue weighted by Crippen LogP contribution is 2.06. The smallest absolute Gasteiger partial charge is 0.272 e. The van der Waals surface area contributed by atoms with Crippen LogP contribution in [-0.4, -0.2) is 27.6 Å². The second kappa shape index (κ2) is 6.24. The van der Waals surface area contributed by atoms with Crippen molar-refractivity contribution in [3.63, 3.8) is 0 Å². The van der Waals surface area contributed by atoms with E-state index in [2.05, 4.69) is 20.5 Å². The molecule has 0 spiro atoms. The third-order valence-corrected chi connectivity index (χ3v) is 2.59. The van der Waals surface area contributed by atoms with Crippen LogP contribution >= 0.6 is 0 Å². The SMILES string of the molecule is NC(=O)c1cnccc1C(=O)NN=C(N)c1ccncc1. The minimum atomic E-state index is -0.751. The lowest BCUT2D eigenvalue weighted by atomic mass is 10.1. The predicted octanol–water partition coefficient (Wildman–Crippen LogP) is -0.374. The zero-order chi connectivity index (χ0) is 15.2. The van der Waals surface area contributed by atoms with Crippen molar-refractivity contribution in [2.24, 2.45) is 16.6 Å². The zero-order valence-electron chi connectivity index (χ0n) is 10.9. The number of aromatic nitrogens is 2. The molecule has 0 saturated heterocycles. The summed E-state index contributed by atoms with van der Waals surface area (Å²) in [5.74, 6) is -1.25. The number of pyridine rings is 2. The number of hydrogen-bond acceptors (Lipinski definition) is 5. The summed E-state index contributed by atoms with van der Waals surface area (Å²) < 4.78 is 0. The van der Waals surface area contributed by atoms with E-state index in [0.717, 1.165) is 0 Å². The van der Waals surface area contributed by atoms with Gasteiger partial charge in [0.2, 0.25) is 0 Å². The van der Waals surface area contributed by atoms with E-state index in [1.165, 1.54) is 18.5 Å². The molecule has 8 heteroatoms. The summed E-state index contributed by atoms with van der Waals surface area (Å²) in [6, 6.07) is 4.66. The van der Waals surface area contributed by atoms with Crippen molar-refractivity contribution in [1.82, 2.24) is 15.4 Å². The standard InChI is InChI=1S/C13H12N6O2/c14-11(8-1-4-16-5-2-8)18-19-13(21)9-3-6-17-7-10(9)12(15)20/h1-7H,(H2,14,18)(H2,15,20)(H,19,21). The first kappa shape index (κ1) is 14.1. The highest BCUT2D eigenvalue weighted by molar-refractivity contribution is 6.07. The quantitative estimate of drug-likeness (QED) is 0.399. The van der Waals surface area contributed by atoms with Crippen molar-refractivity contribution in [2.45, 2.75) is 0 Å². The van der Waals surface area contributed by atoms with E-state index in [1.807, 2.05) is 0 Å². The fourth-order valence-corrected chi connectivity index (χ4v) is 1.55. The van der Waals surface area contributed by atoms with E-state index in [0.29, 0.717) is 5.56 Å². The monoisotopic (exact) mass is 284 g/mol. The summed E-state index contributed by atoms with van der Waals surface area (Å²) >= 11 is 0. The topological polar surface area (TPSA) is 136 Å². The van der Waals surface area contributed by atoms with Crippen LogP contribution in [0.5, 0.6) is 0 Å². The number of carbonyl (C=O) groups excluding carboxylic acids is 2. The minimum Gasteiger partial charge on any atom is -0.382 e. The maximum Gasteiger partial charge on any atom is 0.272 e. The molecule has 0 unspecified atom stereocenters. The lowest BCUT2D eigenvalue weighted by molar-refractivity contribution is 0.0936. The van der Waals surface area contributed by atoms with Gasteiger partial charge in [-0.2, -0.15) is 5.10 Å². The first-order chi connectivity index (χ1) is 10.1. The molecule has 2 aromatic heterocycles. The van der Waals surface area contributed by atoms with Crippen LogP contribution in [0.3, 0.4) is 0 Å². The Morgan fingerprint density at radius 2 is 1.67 bits per heavy atom. The average Bonchev–Trinajstić information content (AvgIpc) is 2.53. The van der Waals surface area contributed by atoms with E-state index in [1.54, 1.807) is 24.5 Å². The predicted molar refractivity (Wildman–Crippen MR) is 75.2 cm³/mol. The van der Waals surface area contributed by atoms with Gasteiger partial charge in [0.15, 0.2) is 5.84 Å². The van der Waals surface area contributed by atoms with Crippen LogP contribution in [0.15, 0.2) is 48.1 Å². The summed E-state index contributed by atoms with van der Waals surface area (Å²) in [6.07, 6.45) is 5.69. The molecule has 0 atom stereocenters. The van der Waals surface area contributed by atoms with Gasteiger partial charge in [-0.1, -0.05) is 0 Å². The van der Waals surface area contributed by atoms with Gasteiger partial charge in [0.25, 0.3) is 11.8 Å². The Kier molecular flexibility index (Phi) is 4.20. The van der Waals surface area contributed by atoms with Gasteiger partial charge < -0.3 is 11.5 Å². The molecule has 0 aromatic carbocycles. The van der Waals surface area contributed by atoms with Gasteiger partial charge in [0, 0.05) is 30.4 Å². The first-order valence-corrected chi connectivity index (χ1v) is 5.87. The Bertz CT molecular complexity index is 699. The first-order valence-electron chi connectivity index (χ1n) is 5.87. The summed E-state index contributed by atoms with van der Waals surface area (Å²) in [5, 5.41) is 3.77. The number of nitrogens with zero attached hydrogens (tertiary/aromatic N) is 3. The molecule has 0 saturated carbocycles. The van der Waals surface area contributed by atoms with Gasteiger partial charge in [-0.15, -0.1) is 0 Å². The number of hydrogen-bond donors (Lipinski definition) is 3. The van der Waals surface area contributed by atoms with Crippen molar-refractivity contribution in [3.05, 3.63) is 59.7 Å². The number of amides is 2. The Hall–Kier alpha value is -3.29. The van der Waals surface area contributed by atoms with Gasteiger partial charge in [-0.3, -0.25) is 19.6 Å². The molecule has 21 heavy (non-hydrogen) atoms. The Balaban J connectivity index is 2.18. The number of rotatable bonds is 4. The number of primary amides is 1. The number of nitrogens with two attached hydrogens (primary N) is 2. The van der Waals surface area contributed by atoms with E-state index in [4.69, 9.17) is 11.5 Å². The fraction of sp³-hybridized carbons (Fsp3) is 0. The maximum absolute atomic E-state index is 12.0. The Morgan fingerprint density at radius 3 is 2.33 bits per heavy atom. The molecule has 8 nitrogen and oxygen atoms in total. The molecule has 0 aliphatic heterocycles. The van der Waals surface area contributed by atoms with Crippen LogP contribution in [0.2, 0.25) is 0 Å². The van der Waals surface area contributed by atoms with Crippen LogP contribution in [0.25, 0.3) is 0 Å². The molecule has 2 amide bonds. The molecule has 106 valence electrons. The Labute approximate surface area is 119 Å². The third kappa shape index (κ3) is 3.38. The molecule has 0 aliphatic rings. The number of nitrogens with one attached hydrogen (secondary N) is 1. The molecular weight excluding hydrogens is 272 g/mol. The van der Waals surface area contributed by atoms with E-state index in [9.17, 15) is 9.59 Å². The summed E-state index contributed by atoms with van der Waals surface area (Å²) in [5.41, 5.74) is 13.8. The molecular formula is C13H12N6O2. The van der Waals surface area contributed by atoms with Crippen LogP contribution < -0.4 is 16.9 Å². The second-order valence-corrected chi connectivity index (χ2v) is 3.96. The minimum absolute atomic E-state index is 0.00711. The van der Waals surface area contributed by atoms with Crippen LogP contribution in [-0.2, 0) is 0 Å². The van der Waals surface area contributed by atoms with Crippen LogP contribution in [0.4, 0.5) is 0 Å². The average molecular weight is 284 g/mol. The zero-order valence-corrected chi connectivity index (χ0v) is 10.9. The second-order valence-electron chi connectivity index (χ2n) is 3.96.